The molecule has 0 aromatic heterocycles. The van der Waals surface area contributed by atoms with Crippen LogP contribution in [0, 0.1) is 5.82 Å². The van der Waals surface area contributed by atoms with Gasteiger partial charge < -0.3 is 16.0 Å². The smallest absolute Gasteiger partial charge is 0.255 e. The molecule has 1 amide bonds. The van der Waals surface area contributed by atoms with Crippen molar-refractivity contribution in [2.45, 2.75) is 13.0 Å². The quantitative estimate of drug-likeness (QED) is 0.712. The first kappa shape index (κ1) is 17.4. The predicted octanol–water partition coefficient (Wildman–Crippen LogP) is 3.91. The molecule has 3 N–H and O–H groups in total. The fourth-order valence-corrected chi connectivity index (χ4v) is 3.13. The zero-order valence-corrected chi connectivity index (χ0v) is 14.8. The van der Waals surface area contributed by atoms with Gasteiger partial charge >= 0.3 is 0 Å². The lowest BCUT2D eigenvalue weighted by Crippen LogP contribution is -2.45. The molecule has 2 aromatic carbocycles. The van der Waals surface area contributed by atoms with E-state index in [4.69, 9.17) is 23.8 Å². The minimum absolute atomic E-state index is 0.309. The molecule has 128 valence electrons. The number of benzene rings is 2. The van der Waals surface area contributed by atoms with Crippen LogP contribution in [0.2, 0.25) is 5.02 Å². The third kappa shape index (κ3) is 3.97. The summed E-state index contributed by atoms with van der Waals surface area (Å²) in [5.41, 5.74) is 2.46. The van der Waals surface area contributed by atoms with Gasteiger partial charge in [-0.1, -0.05) is 23.7 Å². The third-order valence-corrected chi connectivity index (χ3v) is 4.25. The van der Waals surface area contributed by atoms with E-state index in [0.717, 1.165) is 5.56 Å². The molecule has 1 aliphatic rings. The van der Waals surface area contributed by atoms with Crippen LogP contribution in [0.5, 0.6) is 0 Å². The molecule has 0 bridgehead atoms. The summed E-state index contributed by atoms with van der Waals surface area (Å²) < 4.78 is 13.0. The molecule has 25 heavy (non-hydrogen) atoms. The minimum Gasteiger partial charge on any atom is -0.351 e. The molecule has 1 atom stereocenters. The van der Waals surface area contributed by atoms with Crippen LogP contribution < -0.4 is 16.0 Å². The highest BCUT2D eigenvalue weighted by molar-refractivity contribution is 7.80. The van der Waals surface area contributed by atoms with E-state index in [1.807, 2.05) is 12.1 Å². The second-order valence-electron chi connectivity index (χ2n) is 5.59. The lowest BCUT2D eigenvalue weighted by Gasteiger charge is -2.30. The molecular weight excluding hydrogens is 361 g/mol. The molecule has 2 aromatic rings. The van der Waals surface area contributed by atoms with E-state index in [-0.39, 0.29) is 11.7 Å². The average molecular weight is 376 g/mol. The Labute approximate surface area is 155 Å². The van der Waals surface area contributed by atoms with Crippen molar-refractivity contribution in [3.05, 3.63) is 76.2 Å². The number of carbonyl (C=O) groups is 1. The Kier molecular flexibility index (Phi) is 5.01. The summed E-state index contributed by atoms with van der Waals surface area (Å²) in [5, 5.41) is 9.84. The molecular formula is C18H15ClFN3OS. The third-order valence-electron chi connectivity index (χ3n) is 3.80. The Hall–Kier alpha value is -2.44. The largest absolute Gasteiger partial charge is 0.351 e. The van der Waals surface area contributed by atoms with Gasteiger partial charge in [-0.3, -0.25) is 4.79 Å². The van der Waals surface area contributed by atoms with Gasteiger partial charge in [-0.25, -0.2) is 4.39 Å². The van der Waals surface area contributed by atoms with Crippen molar-refractivity contribution in [2.75, 3.05) is 5.32 Å². The van der Waals surface area contributed by atoms with Crippen LogP contribution in [0.4, 0.5) is 10.1 Å². The zero-order chi connectivity index (χ0) is 18.0. The molecule has 0 saturated heterocycles. The number of carbonyl (C=O) groups excluding carboxylic acids is 1. The van der Waals surface area contributed by atoms with E-state index in [1.54, 1.807) is 19.1 Å². The van der Waals surface area contributed by atoms with Gasteiger partial charge in [-0.05, 0) is 61.1 Å². The number of hydrogen-bond acceptors (Lipinski definition) is 2. The SMILES string of the molecule is CC1=C(C(=O)Nc2ccc(F)cc2)C(c2cccc(Cl)c2)NC(=S)N1. The van der Waals surface area contributed by atoms with Crippen LogP contribution in [-0.2, 0) is 4.79 Å². The standard InChI is InChI=1S/C18H15ClFN3OS/c1-10-15(17(24)22-14-7-5-13(20)6-8-14)16(23-18(25)21-10)11-3-2-4-12(19)9-11/h2-9,16H,1H3,(H,22,24)(H2,21,23,25). The highest BCUT2D eigenvalue weighted by Gasteiger charge is 2.30. The Morgan fingerprint density at radius 1 is 1.24 bits per heavy atom. The van der Waals surface area contributed by atoms with Gasteiger partial charge in [0.05, 0.1) is 11.6 Å². The van der Waals surface area contributed by atoms with E-state index in [1.165, 1.54) is 24.3 Å². The van der Waals surface area contributed by atoms with Gasteiger partial charge in [-0.15, -0.1) is 0 Å². The number of thiocarbonyl (C=S) groups is 1. The van der Waals surface area contributed by atoms with Crippen molar-refractivity contribution >= 4 is 40.5 Å². The first-order valence-electron chi connectivity index (χ1n) is 7.54. The maximum absolute atomic E-state index is 13.0. The van der Waals surface area contributed by atoms with Gasteiger partial charge in [0, 0.05) is 16.4 Å². The Balaban J connectivity index is 1.94. The monoisotopic (exact) mass is 375 g/mol. The summed E-state index contributed by atoms with van der Waals surface area (Å²) >= 11 is 11.3. The topological polar surface area (TPSA) is 53.2 Å². The van der Waals surface area contributed by atoms with Crippen molar-refractivity contribution in [3.8, 4) is 0 Å². The van der Waals surface area contributed by atoms with Crippen LogP contribution in [0.3, 0.4) is 0 Å². The molecule has 0 fully saturated rings. The summed E-state index contributed by atoms with van der Waals surface area (Å²) in [6.07, 6.45) is 0. The van der Waals surface area contributed by atoms with Crippen molar-refractivity contribution in [1.29, 1.82) is 0 Å². The van der Waals surface area contributed by atoms with E-state index in [2.05, 4.69) is 16.0 Å². The van der Waals surface area contributed by atoms with Gasteiger partial charge in [0.2, 0.25) is 0 Å². The second-order valence-corrected chi connectivity index (χ2v) is 6.43. The number of rotatable bonds is 3. The number of amides is 1. The predicted molar refractivity (Wildman–Crippen MR) is 101 cm³/mol. The lowest BCUT2D eigenvalue weighted by atomic mass is 9.95. The van der Waals surface area contributed by atoms with E-state index >= 15 is 0 Å². The molecule has 7 heteroatoms. The molecule has 0 aliphatic carbocycles. The van der Waals surface area contributed by atoms with Crippen molar-refractivity contribution in [2.24, 2.45) is 0 Å². The number of halogens is 2. The average Bonchev–Trinajstić information content (AvgIpc) is 2.56. The van der Waals surface area contributed by atoms with E-state index in [0.29, 0.717) is 27.1 Å². The van der Waals surface area contributed by atoms with Crippen molar-refractivity contribution in [3.63, 3.8) is 0 Å². The van der Waals surface area contributed by atoms with Gasteiger partial charge in [0.1, 0.15) is 5.82 Å². The molecule has 0 spiro atoms. The number of hydrogen-bond donors (Lipinski definition) is 3. The molecule has 0 radical (unpaired) electrons. The van der Waals surface area contributed by atoms with Crippen molar-refractivity contribution < 1.29 is 9.18 Å². The van der Waals surface area contributed by atoms with Crippen LogP contribution in [0.25, 0.3) is 0 Å². The van der Waals surface area contributed by atoms with Crippen LogP contribution in [0.15, 0.2) is 59.8 Å². The molecule has 1 aliphatic heterocycles. The first-order chi connectivity index (χ1) is 11.9. The Morgan fingerprint density at radius 2 is 1.96 bits per heavy atom. The summed E-state index contributed by atoms with van der Waals surface area (Å²) in [5.74, 6) is -0.673. The van der Waals surface area contributed by atoms with Crippen LogP contribution in [0.1, 0.15) is 18.5 Å². The maximum Gasteiger partial charge on any atom is 0.255 e. The fraction of sp³-hybridized carbons (Fsp3) is 0.111. The maximum atomic E-state index is 13.0. The van der Waals surface area contributed by atoms with Crippen LogP contribution in [-0.4, -0.2) is 11.0 Å². The fourth-order valence-electron chi connectivity index (χ4n) is 2.66. The van der Waals surface area contributed by atoms with E-state index in [9.17, 15) is 9.18 Å². The number of allylic oxidation sites excluding steroid dienone is 1. The highest BCUT2D eigenvalue weighted by atomic mass is 35.5. The summed E-state index contributed by atoms with van der Waals surface area (Å²) in [7, 11) is 0. The molecule has 4 nitrogen and oxygen atoms in total. The van der Waals surface area contributed by atoms with Gasteiger partial charge in [0.15, 0.2) is 5.11 Å². The molecule has 3 rings (SSSR count). The van der Waals surface area contributed by atoms with Gasteiger partial charge in [-0.2, -0.15) is 0 Å². The summed E-state index contributed by atoms with van der Waals surface area (Å²) in [6, 6.07) is 12.4. The second kappa shape index (κ2) is 7.21. The summed E-state index contributed by atoms with van der Waals surface area (Å²) in [6.45, 7) is 1.78. The van der Waals surface area contributed by atoms with Crippen LogP contribution >= 0.6 is 23.8 Å². The zero-order valence-electron chi connectivity index (χ0n) is 13.3. The number of nitrogens with one attached hydrogen (secondary N) is 3. The van der Waals surface area contributed by atoms with E-state index < -0.39 is 6.04 Å². The Bertz CT molecular complexity index is 867. The minimum atomic E-state index is -0.437. The molecule has 1 unspecified atom stereocenters. The molecule has 1 heterocycles. The highest BCUT2D eigenvalue weighted by Crippen LogP contribution is 2.29. The lowest BCUT2D eigenvalue weighted by molar-refractivity contribution is -0.113. The van der Waals surface area contributed by atoms with Gasteiger partial charge in [0.25, 0.3) is 5.91 Å². The normalized spacial score (nSPS) is 16.9. The Morgan fingerprint density at radius 3 is 2.64 bits per heavy atom. The summed E-state index contributed by atoms with van der Waals surface area (Å²) in [4.78, 5) is 12.8. The number of anilines is 1. The first-order valence-corrected chi connectivity index (χ1v) is 8.33. The molecule has 0 saturated carbocycles. The van der Waals surface area contributed by atoms with Crippen molar-refractivity contribution in [1.82, 2.24) is 10.6 Å².